The zero-order valence-corrected chi connectivity index (χ0v) is 17.0. The third-order valence-electron chi connectivity index (χ3n) is 4.25. The Morgan fingerprint density at radius 2 is 1.45 bits per heavy atom. The van der Waals surface area contributed by atoms with E-state index < -0.39 is 8.07 Å². The Labute approximate surface area is 154 Å². The summed E-state index contributed by atoms with van der Waals surface area (Å²) in [6.45, 7) is 9.49. The van der Waals surface area contributed by atoms with Gasteiger partial charge in [-0.1, -0.05) is 0 Å². The molecule has 1 atom stereocenters. The van der Waals surface area contributed by atoms with Crippen LogP contribution in [0, 0.1) is 0 Å². The van der Waals surface area contributed by atoms with Crippen molar-refractivity contribution >= 4 is 13.3 Å². The summed E-state index contributed by atoms with van der Waals surface area (Å²) in [5.41, 5.74) is 3.00. The van der Waals surface area contributed by atoms with Crippen LogP contribution in [0.2, 0.25) is 16.4 Å². The van der Waals surface area contributed by atoms with Crippen LogP contribution in [0.4, 0.5) is 0 Å². The van der Waals surface area contributed by atoms with Gasteiger partial charge >= 0.3 is 118 Å². The van der Waals surface area contributed by atoms with Gasteiger partial charge < -0.3 is 37.2 Å². The smallest absolute Gasteiger partial charge is 1.00 e. The maximum atomic E-state index is 2.48. The molecule has 0 N–H and O–H groups in total. The maximum absolute atomic E-state index is 2.48. The van der Waals surface area contributed by atoms with E-state index in [1.807, 2.05) is 0 Å². The van der Waals surface area contributed by atoms with E-state index in [-0.39, 0.29) is 40.6 Å². The van der Waals surface area contributed by atoms with Gasteiger partial charge in [-0.05, 0) is 0 Å². The Bertz CT molecular complexity index is 497. The number of allylic oxidation sites excluding steroid dienone is 4. The fourth-order valence-corrected chi connectivity index (χ4v) is 6.80. The summed E-state index contributed by atoms with van der Waals surface area (Å²) >= 11 is 2.41. The summed E-state index contributed by atoms with van der Waals surface area (Å²) in [7, 11) is -1.52. The average Bonchev–Trinajstić information content (AvgIpc) is 2.60. The van der Waals surface area contributed by atoms with Crippen LogP contribution in [0.5, 0.6) is 0 Å². The molecule has 0 saturated heterocycles. The first kappa shape index (κ1) is 22.8. The van der Waals surface area contributed by atoms with Gasteiger partial charge in [-0.25, -0.2) is 0 Å². The van der Waals surface area contributed by atoms with Crippen LogP contribution in [-0.2, 0) is 20.4 Å². The normalized spacial score (nSPS) is 20.9. The third kappa shape index (κ3) is 3.63. The van der Waals surface area contributed by atoms with Crippen molar-refractivity contribution in [3.8, 4) is 0 Å². The van der Waals surface area contributed by atoms with E-state index in [1.54, 1.807) is 10.8 Å². The summed E-state index contributed by atoms with van der Waals surface area (Å²) in [6, 6.07) is 11.0. The molecule has 108 valence electrons. The second-order valence-corrected chi connectivity index (χ2v) is 12.1. The molecule has 20 heavy (non-hydrogen) atoms. The molecular formula is C15H19Cl3SiTi. The van der Waals surface area contributed by atoms with Gasteiger partial charge in [0.05, 0.1) is 0 Å². The zero-order chi connectivity index (χ0) is 12.7. The minimum absolute atomic E-state index is 0. The van der Waals surface area contributed by atoms with Crippen molar-refractivity contribution in [3.63, 3.8) is 0 Å². The van der Waals surface area contributed by atoms with Gasteiger partial charge in [-0.2, -0.15) is 0 Å². The van der Waals surface area contributed by atoms with E-state index in [9.17, 15) is 0 Å². The second-order valence-electron chi connectivity index (χ2n) is 5.44. The molecule has 1 aromatic carbocycles. The molecule has 5 heteroatoms. The summed E-state index contributed by atoms with van der Waals surface area (Å²) in [5, 5.41) is 1.54. The van der Waals surface area contributed by atoms with Gasteiger partial charge in [0.15, 0.2) is 0 Å². The van der Waals surface area contributed by atoms with Crippen LogP contribution >= 0.6 is 0 Å². The molecule has 0 aliphatic heterocycles. The van der Waals surface area contributed by atoms with Gasteiger partial charge in [0, 0.05) is 0 Å². The molecule has 1 unspecified atom stereocenters. The standard InChI is InChI=1S/C15H19Si.3ClH.Ti/c1-12-10-11-15(13(12)2)16(3,4)14-8-6-5-7-9-14;;;;/h5-11H,1-4H3;3*1H;/q;;;;+3/p-3. The Morgan fingerprint density at radius 1 is 0.950 bits per heavy atom. The molecular weight excluding hydrogens is 362 g/mol. The molecule has 0 amide bonds. The molecule has 0 bridgehead atoms. The molecule has 0 heterocycles. The van der Waals surface area contributed by atoms with Crippen molar-refractivity contribution in [3.05, 3.63) is 53.6 Å². The number of rotatable bonds is 2. The average molecular weight is 382 g/mol. The Hall–Kier alpha value is 0.501. The molecule has 2 rings (SSSR count). The van der Waals surface area contributed by atoms with E-state index in [1.165, 1.54) is 5.57 Å². The van der Waals surface area contributed by atoms with E-state index in [0.29, 0.717) is 0 Å². The van der Waals surface area contributed by atoms with Crippen molar-refractivity contribution in [1.82, 2.24) is 0 Å². The Balaban J connectivity index is 0. The third-order valence-corrected chi connectivity index (χ3v) is 12.3. The van der Waals surface area contributed by atoms with Crippen molar-refractivity contribution in [2.75, 3.05) is 0 Å². The van der Waals surface area contributed by atoms with Crippen molar-refractivity contribution in [1.29, 1.82) is 0 Å². The summed E-state index contributed by atoms with van der Waals surface area (Å²) in [5.74, 6) is 0. The minimum Gasteiger partial charge on any atom is -1.00 e. The molecule has 0 saturated carbocycles. The number of hydrogen-bond acceptors (Lipinski definition) is 0. The van der Waals surface area contributed by atoms with Crippen LogP contribution in [0.3, 0.4) is 0 Å². The molecule has 1 aliphatic carbocycles. The molecule has 0 spiro atoms. The monoisotopic (exact) mass is 380 g/mol. The SMILES string of the molecule is CC1=C(C)[C]([Ti+3])([Si](C)(C)c2ccccc2)C=C1.[Cl-].[Cl-].[Cl-]. The van der Waals surface area contributed by atoms with Gasteiger partial charge in [0.2, 0.25) is 0 Å². The van der Waals surface area contributed by atoms with Crippen LogP contribution in [0.1, 0.15) is 13.8 Å². The number of halogens is 3. The molecule has 0 aromatic heterocycles. The summed E-state index contributed by atoms with van der Waals surface area (Å²) in [6.07, 6.45) is 4.73. The van der Waals surface area contributed by atoms with Crippen LogP contribution in [-0.4, -0.2) is 8.07 Å². The first-order valence-electron chi connectivity index (χ1n) is 6.07. The van der Waals surface area contributed by atoms with Crippen molar-refractivity contribution in [2.45, 2.75) is 30.3 Å². The van der Waals surface area contributed by atoms with Crippen molar-refractivity contribution < 1.29 is 57.7 Å². The first-order chi connectivity index (χ1) is 7.89. The van der Waals surface area contributed by atoms with E-state index >= 15 is 0 Å². The molecule has 0 fully saturated rings. The first-order valence-corrected chi connectivity index (χ1v) is 9.85. The van der Waals surface area contributed by atoms with E-state index in [0.717, 1.165) is 0 Å². The van der Waals surface area contributed by atoms with Gasteiger partial charge in [-0.3, -0.25) is 0 Å². The fourth-order valence-electron chi connectivity index (χ4n) is 2.57. The zero-order valence-electron chi connectivity index (χ0n) is 12.2. The van der Waals surface area contributed by atoms with Crippen molar-refractivity contribution in [2.24, 2.45) is 0 Å². The second kappa shape index (κ2) is 8.22. The molecule has 1 aliphatic rings. The fraction of sp³-hybridized carbons (Fsp3) is 0.333. The van der Waals surface area contributed by atoms with Gasteiger partial charge in [0.25, 0.3) is 0 Å². The summed E-state index contributed by atoms with van der Waals surface area (Å²) < 4.78 is 0.262. The molecule has 0 radical (unpaired) electrons. The Morgan fingerprint density at radius 3 is 1.85 bits per heavy atom. The quantitative estimate of drug-likeness (QED) is 0.449. The number of benzene rings is 1. The number of hydrogen-bond donors (Lipinski definition) is 0. The van der Waals surface area contributed by atoms with Crippen LogP contribution in [0.25, 0.3) is 0 Å². The predicted molar refractivity (Wildman–Crippen MR) is 73.8 cm³/mol. The van der Waals surface area contributed by atoms with E-state index in [4.69, 9.17) is 0 Å². The molecule has 0 nitrogen and oxygen atoms in total. The maximum Gasteiger partial charge on any atom is -1.00 e. The van der Waals surface area contributed by atoms with Crippen LogP contribution in [0.15, 0.2) is 53.6 Å². The predicted octanol–water partition coefficient (Wildman–Crippen LogP) is -5.24. The molecule has 1 aromatic rings. The van der Waals surface area contributed by atoms with E-state index in [2.05, 4.69) is 89.9 Å². The van der Waals surface area contributed by atoms with Crippen LogP contribution < -0.4 is 42.4 Å². The summed E-state index contributed by atoms with van der Waals surface area (Å²) in [4.78, 5) is 0. The van der Waals surface area contributed by atoms with Gasteiger partial charge in [0.1, 0.15) is 0 Å². The topological polar surface area (TPSA) is 0 Å². The minimum atomic E-state index is -1.52. The largest absolute Gasteiger partial charge is 1.00 e. The Kier molecular flexibility index (Phi) is 9.36. The van der Waals surface area contributed by atoms with Gasteiger partial charge in [-0.15, -0.1) is 0 Å².